The third-order valence-electron chi connectivity index (χ3n) is 4.17. The van der Waals surface area contributed by atoms with E-state index in [9.17, 15) is 4.79 Å². The Morgan fingerprint density at radius 3 is 2.41 bits per heavy atom. The van der Waals surface area contributed by atoms with E-state index in [4.69, 9.17) is 21.7 Å². The largest absolute Gasteiger partial charge is 0.497 e. The molecule has 0 radical (unpaired) electrons. The van der Waals surface area contributed by atoms with Crippen LogP contribution >= 0.6 is 12.2 Å². The van der Waals surface area contributed by atoms with Crippen molar-refractivity contribution < 1.29 is 14.3 Å². The zero-order valence-electron chi connectivity index (χ0n) is 16.1. The number of carbonyl (C=O) groups is 1. The van der Waals surface area contributed by atoms with Gasteiger partial charge in [-0.15, -0.1) is 0 Å². The molecule has 148 valence electrons. The predicted molar refractivity (Wildman–Crippen MR) is 119 cm³/mol. The van der Waals surface area contributed by atoms with Crippen molar-refractivity contribution in [2.45, 2.75) is 6.42 Å². The minimum atomic E-state index is -0.291. The molecule has 6 heteroatoms. The van der Waals surface area contributed by atoms with Crippen molar-refractivity contribution in [3.63, 3.8) is 0 Å². The first-order valence-electron chi connectivity index (χ1n) is 9.17. The summed E-state index contributed by atoms with van der Waals surface area (Å²) in [4.78, 5) is 12.3. The molecule has 0 aliphatic carbocycles. The summed E-state index contributed by atoms with van der Waals surface area (Å²) in [5.74, 6) is 1.13. The van der Waals surface area contributed by atoms with Crippen LogP contribution in [-0.2, 0) is 6.42 Å². The van der Waals surface area contributed by atoms with Crippen LogP contribution in [0.4, 0.5) is 5.69 Å². The molecule has 29 heavy (non-hydrogen) atoms. The first kappa shape index (κ1) is 20.4. The van der Waals surface area contributed by atoms with Gasteiger partial charge in [-0.1, -0.05) is 36.4 Å². The lowest BCUT2D eigenvalue weighted by atomic mass is 10.2. The molecule has 0 unspecified atom stereocenters. The minimum absolute atomic E-state index is 0.215. The highest BCUT2D eigenvalue weighted by atomic mass is 32.1. The van der Waals surface area contributed by atoms with Gasteiger partial charge in [-0.25, -0.2) is 0 Å². The molecule has 0 bridgehead atoms. The maximum absolute atomic E-state index is 12.3. The van der Waals surface area contributed by atoms with Crippen LogP contribution in [0.15, 0.2) is 78.9 Å². The number of anilines is 1. The maximum Gasteiger partial charge on any atom is 0.257 e. The molecule has 5 nitrogen and oxygen atoms in total. The van der Waals surface area contributed by atoms with Crippen LogP contribution in [-0.4, -0.2) is 24.7 Å². The van der Waals surface area contributed by atoms with Gasteiger partial charge < -0.3 is 14.8 Å². The fraction of sp³-hybridized carbons (Fsp3) is 0.130. The number of thiocarbonyl (C=S) groups is 1. The second-order valence-electron chi connectivity index (χ2n) is 6.25. The van der Waals surface area contributed by atoms with Crippen LogP contribution in [0, 0.1) is 0 Å². The third kappa shape index (κ3) is 6.33. The van der Waals surface area contributed by atoms with E-state index in [-0.39, 0.29) is 11.0 Å². The Bertz CT molecular complexity index is 959. The molecule has 0 heterocycles. The second-order valence-corrected chi connectivity index (χ2v) is 6.66. The number of benzene rings is 3. The van der Waals surface area contributed by atoms with Gasteiger partial charge in [0.25, 0.3) is 5.91 Å². The van der Waals surface area contributed by atoms with E-state index in [0.29, 0.717) is 17.9 Å². The number of rotatable bonds is 7. The molecule has 2 N–H and O–H groups in total. The average Bonchev–Trinajstić information content (AvgIpc) is 2.75. The van der Waals surface area contributed by atoms with Crippen LogP contribution in [0.3, 0.4) is 0 Å². The second kappa shape index (κ2) is 10.2. The molecule has 1 amide bonds. The molecular formula is C23H22N2O3S. The van der Waals surface area contributed by atoms with Gasteiger partial charge in [0.2, 0.25) is 0 Å². The number of carbonyl (C=O) groups excluding carboxylic acids is 1. The lowest BCUT2D eigenvalue weighted by molar-refractivity contribution is 0.0977. The first-order chi connectivity index (χ1) is 14.1. The van der Waals surface area contributed by atoms with Crippen LogP contribution in [0.5, 0.6) is 11.5 Å². The number of hydrogen-bond donors (Lipinski definition) is 2. The van der Waals surface area contributed by atoms with E-state index in [1.54, 1.807) is 31.4 Å². The molecule has 3 aromatic carbocycles. The zero-order valence-corrected chi connectivity index (χ0v) is 16.9. The van der Waals surface area contributed by atoms with E-state index in [0.717, 1.165) is 17.9 Å². The summed E-state index contributed by atoms with van der Waals surface area (Å²) in [6.07, 6.45) is 0.828. The van der Waals surface area contributed by atoms with E-state index in [1.165, 1.54) is 5.56 Å². The van der Waals surface area contributed by atoms with E-state index in [1.807, 2.05) is 42.5 Å². The highest BCUT2D eigenvalue weighted by Crippen LogP contribution is 2.18. The molecule has 0 saturated heterocycles. The standard InChI is InChI=1S/C23H22N2O3S/c1-27-20-12-10-18(11-13-20)22(26)25-23(29)24-19-8-5-9-21(16-19)28-15-14-17-6-3-2-4-7-17/h2-13,16H,14-15H2,1H3,(H2,24,25,26,29). The van der Waals surface area contributed by atoms with Gasteiger partial charge in [0, 0.05) is 23.7 Å². The number of methoxy groups -OCH3 is 1. The van der Waals surface area contributed by atoms with Crippen molar-refractivity contribution in [1.29, 1.82) is 0 Å². The normalized spacial score (nSPS) is 10.1. The maximum atomic E-state index is 12.3. The van der Waals surface area contributed by atoms with E-state index in [2.05, 4.69) is 22.8 Å². The Morgan fingerprint density at radius 2 is 1.69 bits per heavy atom. The van der Waals surface area contributed by atoms with Crippen molar-refractivity contribution in [2.75, 3.05) is 19.0 Å². The fourth-order valence-electron chi connectivity index (χ4n) is 2.68. The summed E-state index contributed by atoms with van der Waals surface area (Å²) in [5, 5.41) is 5.89. The molecule has 3 rings (SSSR count). The van der Waals surface area contributed by atoms with Crippen LogP contribution in [0.1, 0.15) is 15.9 Å². The summed E-state index contributed by atoms with van der Waals surface area (Å²) < 4.78 is 10.9. The first-order valence-corrected chi connectivity index (χ1v) is 9.58. The van der Waals surface area contributed by atoms with Crippen molar-refractivity contribution in [3.8, 4) is 11.5 Å². The van der Waals surface area contributed by atoms with E-state index >= 15 is 0 Å². The molecule has 0 aliphatic heterocycles. The Balaban J connectivity index is 1.50. The smallest absolute Gasteiger partial charge is 0.257 e. The Morgan fingerprint density at radius 1 is 0.931 bits per heavy atom. The van der Waals surface area contributed by atoms with Gasteiger partial charge in [-0.05, 0) is 54.2 Å². The SMILES string of the molecule is COc1ccc(C(=O)NC(=S)Nc2cccc(OCCc3ccccc3)c2)cc1. The Kier molecular flexibility index (Phi) is 7.19. The number of hydrogen-bond acceptors (Lipinski definition) is 4. The lowest BCUT2D eigenvalue weighted by Crippen LogP contribution is -2.34. The van der Waals surface area contributed by atoms with Crippen molar-refractivity contribution >= 4 is 28.9 Å². The monoisotopic (exact) mass is 406 g/mol. The third-order valence-corrected chi connectivity index (χ3v) is 4.38. The quantitative estimate of drug-likeness (QED) is 0.568. The van der Waals surface area contributed by atoms with Crippen LogP contribution in [0.2, 0.25) is 0 Å². The van der Waals surface area contributed by atoms with E-state index < -0.39 is 0 Å². The summed E-state index contributed by atoms with van der Waals surface area (Å²) >= 11 is 5.25. The van der Waals surface area contributed by atoms with Gasteiger partial charge in [0.1, 0.15) is 11.5 Å². The highest BCUT2D eigenvalue weighted by Gasteiger charge is 2.08. The molecule has 3 aromatic rings. The van der Waals surface area contributed by atoms with Crippen molar-refractivity contribution in [1.82, 2.24) is 5.32 Å². The summed E-state index contributed by atoms with van der Waals surface area (Å²) in [5.41, 5.74) is 2.46. The molecular weight excluding hydrogens is 384 g/mol. The van der Waals surface area contributed by atoms with Gasteiger partial charge in [-0.2, -0.15) is 0 Å². The summed E-state index contributed by atoms with van der Waals surface area (Å²) in [6.45, 7) is 0.576. The Hall–Kier alpha value is -3.38. The van der Waals surface area contributed by atoms with Gasteiger partial charge in [0.05, 0.1) is 13.7 Å². The lowest BCUT2D eigenvalue weighted by Gasteiger charge is -2.12. The minimum Gasteiger partial charge on any atom is -0.497 e. The zero-order chi connectivity index (χ0) is 20.5. The summed E-state index contributed by atoms with van der Waals surface area (Å²) in [6, 6.07) is 24.4. The molecule has 0 aromatic heterocycles. The van der Waals surface area contributed by atoms with Crippen molar-refractivity contribution in [2.24, 2.45) is 0 Å². The van der Waals surface area contributed by atoms with Crippen LogP contribution < -0.4 is 20.1 Å². The highest BCUT2D eigenvalue weighted by molar-refractivity contribution is 7.80. The van der Waals surface area contributed by atoms with Gasteiger partial charge in [0.15, 0.2) is 5.11 Å². The average molecular weight is 407 g/mol. The topological polar surface area (TPSA) is 59.6 Å². The fourth-order valence-corrected chi connectivity index (χ4v) is 2.89. The summed E-state index contributed by atoms with van der Waals surface area (Å²) in [7, 11) is 1.58. The number of ether oxygens (including phenoxy) is 2. The Labute approximate surface area is 175 Å². The number of nitrogens with one attached hydrogen (secondary N) is 2. The molecule has 0 saturated carbocycles. The van der Waals surface area contributed by atoms with Gasteiger partial charge in [-0.3, -0.25) is 10.1 Å². The predicted octanol–water partition coefficient (Wildman–Crippen LogP) is 4.44. The van der Waals surface area contributed by atoms with Crippen LogP contribution in [0.25, 0.3) is 0 Å². The van der Waals surface area contributed by atoms with Crippen molar-refractivity contribution in [3.05, 3.63) is 90.0 Å². The molecule has 0 aliphatic rings. The van der Waals surface area contributed by atoms with Gasteiger partial charge >= 0.3 is 0 Å². The molecule has 0 spiro atoms. The number of amides is 1. The molecule has 0 atom stereocenters. The molecule has 0 fully saturated rings.